The second-order valence-electron chi connectivity index (χ2n) is 4.91. The molecular formula is C11H21NO. The fraction of sp³-hybridized carbons (Fsp3) is 1.00. The zero-order chi connectivity index (χ0) is 9.47. The molecule has 2 heteroatoms. The second-order valence-corrected chi connectivity index (χ2v) is 4.91. The van der Waals surface area contributed by atoms with Crippen LogP contribution in [0.3, 0.4) is 0 Å². The maximum absolute atomic E-state index is 5.58. The molecule has 76 valence electrons. The fourth-order valence-electron chi connectivity index (χ4n) is 2.74. The van der Waals surface area contributed by atoms with Crippen molar-refractivity contribution in [2.75, 3.05) is 20.7 Å². The molecule has 0 aromatic carbocycles. The van der Waals surface area contributed by atoms with Crippen LogP contribution in [0.4, 0.5) is 0 Å². The van der Waals surface area contributed by atoms with Gasteiger partial charge in [-0.15, -0.1) is 0 Å². The van der Waals surface area contributed by atoms with Crippen molar-refractivity contribution in [2.24, 2.45) is 5.92 Å². The lowest BCUT2D eigenvalue weighted by Crippen LogP contribution is -2.43. The van der Waals surface area contributed by atoms with Gasteiger partial charge in [0.15, 0.2) is 0 Å². The lowest BCUT2D eigenvalue weighted by atomic mass is 9.76. The summed E-state index contributed by atoms with van der Waals surface area (Å²) >= 11 is 0. The summed E-state index contributed by atoms with van der Waals surface area (Å²) < 4.78 is 5.58. The van der Waals surface area contributed by atoms with E-state index in [0.717, 1.165) is 18.6 Å². The smallest absolute Gasteiger partial charge is 0.0931 e. The lowest BCUT2D eigenvalue weighted by Gasteiger charge is -2.38. The van der Waals surface area contributed by atoms with Gasteiger partial charge in [0.05, 0.1) is 12.2 Å². The fourth-order valence-corrected chi connectivity index (χ4v) is 2.74. The van der Waals surface area contributed by atoms with Gasteiger partial charge < -0.3 is 9.64 Å². The number of ether oxygens (including phenoxy) is 1. The summed E-state index contributed by atoms with van der Waals surface area (Å²) in [6.07, 6.45) is 5.24. The Morgan fingerprint density at radius 3 is 2.62 bits per heavy atom. The third-order valence-corrected chi connectivity index (χ3v) is 3.84. The normalized spacial score (nSPS) is 44.3. The average molecular weight is 183 g/mol. The monoisotopic (exact) mass is 183 g/mol. The van der Waals surface area contributed by atoms with Crippen LogP contribution < -0.4 is 0 Å². The van der Waals surface area contributed by atoms with E-state index < -0.39 is 0 Å². The van der Waals surface area contributed by atoms with Crippen molar-refractivity contribution in [1.29, 1.82) is 0 Å². The Morgan fingerprint density at radius 2 is 2.15 bits per heavy atom. The standard InChI is InChI=1S/C11H21NO/c1-4-9-5-6-11(8-13-11)7-10(9)12(2)3/h9-10H,4-8H2,1-3H3. The summed E-state index contributed by atoms with van der Waals surface area (Å²) in [7, 11) is 4.41. The van der Waals surface area contributed by atoms with Crippen molar-refractivity contribution in [3.05, 3.63) is 0 Å². The van der Waals surface area contributed by atoms with Crippen LogP contribution in [0.5, 0.6) is 0 Å². The molecule has 0 bridgehead atoms. The zero-order valence-electron chi connectivity index (χ0n) is 9.05. The van der Waals surface area contributed by atoms with Crippen molar-refractivity contribution in [1.82, 2.24) is 4.90 Å². The predicted octanol–water partition coefficient (Wildman–Crippen LogP) is 1.90. The number of hydrogen-bond acceptors (Lipinski definition) is 2. The minimum absolute atomic E-state index is 0.320. The molecule has 0 aromatic rings. The molecule has 13 heavy (non-hydrogen) atoms. The van der Waals surface area contributed by atoms with Gasteiger partial charge in [-0.3, -0.25) is 0 Å². The minimum Gasteiger partial charge on any atom is -0.370 e. The summed E-state index contributed by atoms with van der Waals surface area (Å²) in [5.74, 6) is 0.893. The quantitative estimate of drug-likeness (QED) is 0.608. The molecule has 1 saturated heterocycles. The van der Waals surface area contributed by atoms with Gasteiger partial charge in [0.25, 0.3) is 0 Å². The number of hydrogen-bond donors (Lipinski definition) is 0. The highest BCUT2D eigenvalue weighted by atomic mass is 16.6. The molecule has 2 rings (SSSR count). The number of nitrogens with zero attached hydrogens (tertiary/aromatic N) is 1. The van der Waals surface area contributed by atoms with E-state index in [1.54, 1.807) is 0 Å². The molecule has 1 aliphatic carbocycles. The van der Waals surface area contributed by atoms with Crippen LogP contribution in [0.2, 0.25) is 0 Å². The summed E-state index contributed by atoms with van der Waals surface area (Å²) in [5.41, 5.74) is 0.320. The maximum Gasteiger partial charge on any atom is 0.0931 e. The van der Waals surface area contributed by atoms with E-state index in [0.29, 0.717) is 5.60 Å². The van der Waals surface area contributed by atoms with E-state index >= 15 is 0 Å². The van der Waals surface area contributed by atoms with Gasteiger partial charge in [-0.1, -0.05) is 13.3 Å². The Hall–Kier alpha value is -0.0800. The van der Waals surface area contributed by atoms with Gasteiger partial charge >= 0.3 is 0 Å². The summed E-state index contributed by atoms with van der Waals surface area (Å²) in [6, 6.07) is 0.751. The predicted molar refractivity (Wildman–Crippen MR) is 53.8 cm³/mol. The Bertz CT molecular complexity index is 187. The Balaban J connectivity index is 2.00. The van der Waals surface area contributed by atoms with E-state index in [9.17, 15) is 0 Å². The molecule has 0 N–H and O–H groups in total. The van der Waals surface area contributed by atoms with E-state index in [2.05, 4.69) is 25.9 Å². The van der Waals surface area contributed by atoms with E-state index in [4.69, 9.17) is 4.74 Å². The molecule has 1 heterocycles. The molecular weight excluding hydrogens is 162 g/mol. The van der Waals surface area contributed by atoms with Crippen molar-refractivity contribution in [3.8, 4) is 0 Å². The van der Waals surface area contributed by atoms with Gasteiger partial charge in [0.1, 0.15) is 0 Å². The molecule has 2 nitrogen and oxygen atoms in total. The molecule has 1 spiro atoms. The van der Waals surface area contributed by atoms with E-state index in [1.807, 2.05) is 0 Å². The average Bonchev–Trinajstić information content (AvgIpc) is 2.85. The molecule has 3 atom stereocenters. The van der Waals surface area contributed by atoms with Crippen molar-refractivity contribution < 1.29 is 4.74 Å². The highest BCUT2D eigenvalue weighted by molar-refractivity contribution is 5.01. The van der Waals surface area contributed by atoms with E-state index in [1.165, 1.54) is 25.7 Å². The molecule has 2 aliphatic rings. The van der Waals surface area contributed by atoms with Crippen LogP contribution in [-0.4, -0.2) is 37.2 Å². The molecule has 1 saturated carbocycles. The molecule has 3 unspecified atom stereocenters. The highest BCUT2D eigenvalue weighted by Gasteiger charge is 2.50. The SMILES string of the molecule is CCC1CCC2(CO2)CC1N(C)C. The van der Waals surface area contributed by atoms with Crippen LogP contribution >= 0.6 is 0 Å². The summed E-state index contributed by atoms with van der Waals surface area (Å²) in [5, 5.41) is 0. The van der Waals surface area contributed by atoms with Crippen LogP contribution in [-0.2, 0) is 4.74 Å². The molecule has 1 aliphatic heterocycles. The topological polar surface area (TPSA) is 15.8 Å². The zero-order valence-corrected chi connectivity index (χ0v) is 9.05. The van der Waals surface area contributed by atoms with Gasteiger partial charge in [0, 0.05) is 6.04 Å². The van der Waals surface area contributed by atoms with Crippen molar-refractivity contribution >= 4 is 0 Å². The first-order chi connectivity index (χ1) is 6.17. The van der Waals surface area contributed by atoms with Crippen LogP contribution in [0.15, 0.2) is 0 Å². The largest absolute Gasteiger partial charge is 0.370 e. The molecule has 0 radical (unpaired) electrons. The Kier molecular flexibility index (Phi) is 2.37. The minimum atomic E-state index is 0.320. The number of epoxide rings is 1. The molecule has 0 aromatic heterocycles. The highest BCUT2D eigenvalue weighted by Crippen LogP contribution is 2.45. The Labute approximate surface area is 81.3 Å². The van der Waals surface area contributed by atoms with Crippen molar-refractivity contribution in [2.45, 2.75) is 44.2 Å². The van der Waals surface area contributed by atoms with E-state index in [-0.39, 0.29) is 0 Å². The van der Waals surface area contributed by atoms with Crippen molar-refractivity contribution in [3.63, 3.8) is 0 Å². The Morgan fingerprint density at radius 1 is 1.46 bits per heavy atom. The lowest BCUT2D eigenvalue weighted by molar-refractivity contribution is 0.0929. The van der Waals surface area contributed by atoms with Crippen LogP contribution in [0, 0.1) is 5.92 Å². The number of rotatable bonds is 2. The third kappa shape index (κ3) is 1.75. The summed E-state index contributed by atoms with van der Waals surface area (Å²) in [6.45, 7) is 3.33. The van der Waals surface area contributed by atoms with Crippen LogP contribution in [0.1, 0.15) is 32.6 Å². The molecule has 2 fully saturated rings. The second kappa shape index (κ2) is 3.25. The first kappa shape index (κ1) is 9.47. The van der Waals surface area contributed by atoms with Crippen LogP contribution in [0.25, 0.3) is 0 Å². The van der Waals surface area contributed by atoms with Gasteiger partial charge in [0.2, 0.25) is 0 Å². The van der Waals surface area contributed by atoms with Gasteiger partial charge in [-0.05, 0) is 39.3 Å². The van der Waals surface area contributed by atoms with Gasteiger partial charge in [-0.25, -0.2) is 0 Å². The maximum atomic E-state index is 5.58. The molecule has 0 amide bonds. The summed E-state index contributed by atoms with van der Waals surface area (Å²) in [4.78, 5) is 2.39. The third-order valence-electron chi connectivity index (χ3n) is 3.84. The first-order valence-electron chi connectivity index (χ1n) is 5.47. The van der Waals surface area contributed by atoms with Gasteiger partial charge in [-0.2, -0.15) is 0 Å². The first-order valence-corrected chi connectivity index (χ1v) is 5.47.